The van der Waals surface area contributed by atoms with Crippen molar-refractivity contribution in [2.75, 3.05) is 30.7 Å². The lowest BCUT2D eigenvalue weighted by atomic mass is 10.1. The lowest BCUT2D eigenvalue weighted by molar-refractivity contribution is 0.180. The Hall–Kier alpha value is -1.22. The quantitative estimate of drug-likeness (QED) is 0.804. The molecule has 0 saturated carbocycles. The van der Waals surface area contributed by atoms with Gasteiger partial charge in [0.05, 0.1) is 0 Å². The van der Waals surface area contributed by atoms with E-state index in [9.17, 15) is 0 Å². The van der Waals surface area contributed by atoms with Crippen molar-refractivity contribution in [1.82, 2.24) is 4.90 Å². The number of nitrogen functional groups attached to an aromatic ring is 1. The Kier molecular flexibility index (Phi) is 4.48. The van der Waals surface area contributed by atoms with Crippen LogP contribution in [0.25, 0.3) is 0 Å². The van der Waals surface area contributed by atoms with Gasteiger partial charge in [0.2, 0.25) is 0 Å². The third kappa shape index (κ3) is 3.39. The molecule has 3 heteroatoms. The number of piperidine rings is 1. The van der Waals surface area contributed by atoms with E-state index >= 15 is 0 Å². The van der Waals surface area contributed by atoms with Crippen molar-refractivity contribution >= 4 is 11.4 Å². The topological polar surface area (TPSA) is 41.3 Å². The second kappa shape index (κ2) is 6.10. The highest BCUT2D eigenvalue weighted by molar-refractivity contribution is 5.59. The summed E-state index contributed by atoms with van der Waals surface area (Å²) in [7, 11) is 0. The molecule has 1 unspecified atom stereocenters. The molecule has 0 radical (unpaired) electrons. The number of nitrogens with zero attached hydrogens (tertiary/aromatic N) is 1. The van der Waals surface area contributed by atoms with Crippen LogP contribution >= 0.6 is 0 Å². The van der Waals surface area contributed by atoms with Gasteiger partial charge in [0, 0.05) is 24.0 Å². The molecule has 100 valence electrons. The zero-order chi connectivity index (χ0) is 13.0. The fraction of sp³-hybridized carbons (Fsp3) is 0.600. The van der Waals surface area contributed by atoms with Crippen molar-refractivity contribution in [2.24, 2.45) is 0 Å². The van der Waals surface area contributed by atoms with Crippen LogP contribution in [0.3, 0.4) is 0 Å². The number of benzene rings is 1. The second-order valence-corrected chi connectivity index (χ2v) is 5.40. The van der Waals surface area contributed by atoms with Crippen molar-refractivity contribution < 1.29 is 0 Å². The summed E-state index contributed by atoms with van der Waals surface area (Å²) < 4.78 is 0. The number of aryl methyl sites for hydroxylation is 1. The Labute approximate surface area is 110 Å². The van der Waals surface area contributed by atoms with Crippen molar-refractivity contribution in [2.45, 2.75) is 39.2 Å². The Balaban J connectivity index is 1.88. The van der Waals surface area contributed by atoms with Crippen LogP contribution in [0.1, 0.15) is 31.7 Å². The largest absolute Gasteiger partial charge is 0.399 e. The van der Waals surface area contributed by atoms with Gasteiger partial charge in [0.25, 0.3) is 0 Å². The van der Waals surface area contributed by atoms with Crippen molar-refractivity contribution in [3.8, 4) is 0 Å². The molecule has 0 aliphatic carbocycles. The van der Waals surface area contributed by atoms with Crippen LogP contribution in [0.15, 0.2) is 18.2 Å². The van der Waals surface area contributed by atoms with Crippen LogP contribution < -0.4 is 11.1 Å². The van der Waals surface area contributed by atoms with E-state index in [1.807, 2.05) is 12.1 Å². The fourth-order valence-corrected chi connectivity index (χ4v) is 2.58. The summed E-state index contributed by atoms with van der Waals surface area (Å²) in [4.78, 5) is 2.58. The molecular formula is C15H25N3. The van der Waals surface area contributed by atoms with E-state index in [1.54, 1.807) is 0 Å². The van der Waals surface area contributed by atoms with Gasteiger partial charge in [-0.1, -0.05) is 12.5 Å². The summed E-state index contributed by atoms with van der Waals surface area (Å²) in [6.45, 7) is 7.91. The standard InChI is InChI=1S/C15H25N3/c1-12-6-7-14(16)10-15(12)17-11-13(2)18-8-4-3-5-9-18/h6-7,10,13,17H,3-5,8-9,11,16H2,1-2H3. The maximum atomic E-state index is 5.83. The first kappa shape index (κ1) is 13.2. The van der Waals surface area contributed by atoms with Gasteiger partial charge < -0.3 is 11.1 Å². The predicted molar refractivity (Wildman–Crippen MR) is 79.0 cm³/mol. The van der Waals surface area contributed by atoms with E-state index in [0.717, 1.165) is 12.2 Å². The third-order valence-electron chi connectivity index (χ3n) is 3.86. The zero-order valence-corrected chi connectivity index (χ0v) is 11.6. The Morgan fingerprint density at radius 3 is 2.72 bits per heavy atom. The number of hydrogen-bond donors (Lipinski definition) is 2. The van der Waals surface area contributed by atoms with E-state index in [4.69, 9.17) is 5.73 Å². The van der Waals surface area contributed by atoms with Gasteiger partial charge in [0.1, 0.15) is 0 Å². The van der Waals surface area contributed by atoms with Crippen molar-refractivity contribution in [1.29, 1.82) is 0 Å². The molecule has 1 heterocycles. The van der Waals surface area contributed by atoms with Gasteiger partial charge >= 0.3 is 0 Å². The average Bonchev–Trinajstić information content (AvgIpc) is 2.40. The molecule has 3 nitrogen and oxygen atoms in total. The Morgan fingerprint density at radius 2 is 2.00 bits per heavy atom. The van der Waals surface area contributed by atoms with Crippen LogP contribution in [0.4, 0.5) is 11.4 Å². The minimum Gasteiger partial charge on any atom is -0.399 e. The van der Waals surface area contributed by atoms with Crippen molar-refractivity contribution in [3.63, 3.8) is 0 Å². The Bertz CT molecular complexity index is 383. The first-order valence-corrected chi connectivity index (χ1v) is 7.01. The highest BCUT2D eigenvalue weighted by Crippen LogP contribution is 2.19. The molecule has 18 heavy (non-hydrogen) atoms. The first-order valence-electron chi connectivity index (χ1n) is 7.01. The van der Waals surface area contributed by atoms with Gasteiger partial charge in [-0.05, 0) is 57.5 Å². The third-order valence-corrected chi connectivity index (χ3v) is 3.86. The van der Waals surface area contributed by atoms with Gasteiger partial charge in [-0.25, -0.2) is 0 Å². The molecule has 3 N–H and O–H groups in total. The molecular weight excluding hydrogens is 222 g/mol. The Morgan fingerprint density at radius 1 is 1.28 bits per heavy atom. The zero-order valence-electron chi connectivity index (χ0n) is 11.6. The molecule has 0 spiro atoms. The van der Waals surface area contributed by atoms with Crippen LogP contribution in [0, 0.1) is 6.92 Å². The highest BCUT2D eigenvalue weighted by atomic mass is 15.2. The van der Waals surface area contributed by atoms with Gasteiger partial charge in [-0.15, -0.1) is 0 Å². The summed E-state index contributed by atoms with van der Waals surface area (Å²) in [6.07, 6.45) is 4.09. The van der Waals surface area contributed by atoms with E-state index in [-0.39, 0.29) is 0 Å². The van der Waals surface area contributed by atoms with E-state index < -0.39 is 0 Å². The summed E-state index contributed by atoms with van der Waals surface area (Å²) in [5.41, 5.74) is 9.08. The number of hydrogen-bond acceptors (Lipinski definition) is 3. The number of nitrogens with one attached hydrogen (secondary N) is 1. The second-order valence-electron chi connectivity index (χ2n) is 5.40. The normalized spacial score (nSPS) is 18.6. The summed E-state index contributed by atoms with van der Waals surface area (Å²) in [5.74, 6) is 0. The highest BCUT2D eigenvalue weighted by Gasteiger charge is 2.16. The molecule has 0 aromatic heterocycles. The molecule has 0 amide bonds. The maximum absolute atomic E-state index is 5.83. The smallest absolute Gasteiger partial charge is 0.0391 e. The van der Waals surface area contributed by atoms with Gasteiger partial charge in [-0.2, -0.15) is 0 Å². The predicted octanol–water partition coefficient (Wildman–Crippen LogP) is 2.86. The maximum Gasteiger partial charge on any atom is 0.0391 e. The number of rotatable bonds is 4. The van der Waals surface area contributed by atoms with Crippen LogP contribution in [-0.2, 0) is 0 Å². The summed E-state index contributed by atoms with van der Waals surface area (Å²) in [5, 5.41) is 3.53. The minimum absolute atomic E-state index is 0.589. The molecule has 1 aliphatic rings. The van der Waals surface area contributed by atoms with E-state index in [0.29, 0.717) is 6.04 Å². The molecule has 1 saturated heterocycles. The molecule has 2 rings (SSSR count). The molecule has 1 atom stereocenters. The number of likely N-dealkylation sites (tertiary alicyclic amines) is 1. The lowest BCUT2D eigenvalue weighted by Crippen LogP contribution is -2.41. The molecule has 1 aromatic rings. The number of anilines is 2. The fourth-order valence-electron chi connectivity index (χ4n) is 2.58. The average molecular weight is 247 g/mol. The van der Waals surface area contributed by atoms with Gasteiger partial charge in [0.15, 0.2) is 0 Å². The van der Waals surface area contributed by atoms with Crippen LogP contribution in [0.5, 0.6) is 0 Å². The van der Waals surface area contributed by atoms with E-state index in [2.05, 4.69) is 30.1 Å². The summed E-state index contributed by atoms with van der Waals surface area (Å²) in [6, 6.07) is 6.64. The summed E-state index contributed by atoms with van der Waals surface area (Å²) >= 11 is 0. The van der Waals surface area contributed by atoms with Crippen LogP contribution in [-0.4, -0.2) is 30.6 Å². The van der Waals surface area contributed by atoms with Gasteiger partial charge in [-0.3, -0.25) is 4.90 Å². The molecule has 1 fully saturated rings. The number of nitrogens with two attached hydrogens (primary N) is 1. The lowest BCUT2D eigenvalue weighted by Gasteiger charge is -2.32. The van der Waals surface area contributed by atoms with E-state index in [1.165, 1.54) is 43.6 Å². The van der Waals surface area contributed by atoms with Crippen molar-refractivity contribution in [3.05, 3.63) is 23.8 Å². The first-order chi connectivity index (χ1) is 8.66. The molecule has 1 aliphatic heterocycles. The molecule has 0 bridgehead atoms. The minimum atomic E-state index is 0.589. The molecule has 1 aromatic carbocycles. The van der Waals surface area contributed by atoms with Crippen LogP contribution in [0.2, 0.25) is 0 Å². The SMILES string of the molecule is Cc1ccc(N)cc1NCC(C)N1CCCCC1. The monoisotopic (exact) mass is 247 g/mol.